The fourth-order valence-corrected chi connectivity index (χ4v) is 1.39. The van der Waals surface area contributed by atoms with Gasteiger partial charge in [0.05, 0.1) is 24.3 Å². The van der Waals surface area contributed by atoms with Gasteiger partial charge in [-0.15, -0.1) is 0 Å². The third kappa shape index (κ3) is 2.53. The minimum absolute atomic E-state index is 0.213. The standard InChI is InChI=1S/C10H12ClNO3/c1-3-15-10(13)7-4-6(12)5-8(14-2)9(7)11/h4-5H,3,12H2,1-2H3. The van der Waals surface area contributed by atoms with Crippen LogP contribution in [0, 0.1) is 0 Å². The van der Waals surface area contributed by atoms with Crippen molar-refractivity contribution in [2.45, 2.75) is 6.92 Å². The Morgan fingerprint density at radius 3 is 2.73 bits per heavy atom. The Labute approximate surface area is 92.9 Å². The zero-order valence-corrected chi connectivity index (χ0v) is 9.30. The van der Waals surface area contributed by atoms with Crippen LogP contribution in [-0.2, 0) is 4.74 Å². The van der Waals surface area contributed by atoms with Gasteiger partial charge < -0.3 is 15.2 Å². The van der Waals surface area contributed by atoms with Gasteiger partial charge in [0.1, 0.15) is 5.75 Å². The molecule has 0 radical (unpaired) electrons. The molecule has 0 amide bonds. The molecule has 0 aliphatic carbocycles. The highest BCUT2D eigenvalue weighted by atomic mass is 35.5. The van der Waals surface area contributed by atoms with Gasteiger partial charge in [-0.05, 0) is 13.0 Å². The van der Waals surface area contributed by atoms with Gasteiger partial charge in [-0.25, -0.2) is 4.79 Å². The summed E-state index contributed by atoms with van der Waals surface area (Å²) in [5.74, 6) is -0.146. The van der Waals surface area contributed by atoms with Gasteiger partial charge in [0.25, 0.3) is 0 Å². The lowest BCUT2D eigenvalue weighted by molar-refractivity contribution is 0.0526. The average molecular weight is 230 g/mol. The maximum Gasteiger partial charge on any atom is 0.339 e. The molecular formula is C10H12ClNO3. The second kappa shape index (κ2) is 4.89. The van der Waals surface area contributed by atoms with Crippen molar-refractivity contribution in [2.24, 2.45) is 0 Å². The summed E-state index contributed by atoms with van der Waals surface area (Å²) in [5, 5.41) is 0.213. The van der Waals surface area contributed by atoms with E-state index in [1.54, 1.807) is 13.0 Å². The van der Waals surface area contributed by atoms with Crippen molar-refractivity contribution in [2.75, 3.05) is 19.5 Å². The Hall–Kier alpha value is -1.42. The van der Waals surface area contributed by atoms with Crippen LogP contribution in [-0.4, -0.2) is 19.7 Å². The number of ether oxygens (including phenoxy) is 2. The second-order valence-corrected chi connectivity index (χ2v) is 3.18. The lowest BCUT2D eigenvalue weighted by Crippen LogP contribution is -2.07. The molecule has 0 bridgehead atoms. The first-order valence-electron chi connectivity index (χ1n) is 4.40. The maximum atomic E-state index is 11.5. The predicted octanol–water partition coefficient (Wildman–Crippen LogP) is 2.11. The molecule has 0 saturated heterocycles. The molecule has 0 atom stereocenters. The molecule has 0 spiro atoms. The lowest BCUT2D eigenvalue weighted by Gasteiger charge is -2.09. The van der Waals surface area contributed by atoms with E-state index < -0.39 is 5.97 Å². The van der Waals surface area contributed by atoms with Gasteiger partial charge in [0.15, 0.2) is 0 Å². The minimum Gasteiger partial charge on any atom is -0.495 e. The third-order valence-corrected chi connectivity index (χ3v) is 2.17. The van der Waals surface area contributed by atoms with E-state index >= 15 is 0 Å². The van der Waals surface area contributed by atoms with Crippen LogP contribution in [0.2, 0.25) is 5.02 Å². The molecule has 0 unspecified atom stereocenters. The Morgan fingerprint density at radius 2 is 2.20 bits per heavy atom. The van der Waals surface area contributed by atoms with Crippen LogP contribution in [0.1, 0.15) is 17.3 Å². The summed E-state index contributed by atoms with van der Waals surface area (Å²) in [6, 6.07) is 3.01. The van der Waals surface area contributed by atoms with Crippen LogP contribution in [0.5, 0.6) is 5.75 Å². The number of esters is 1. The van der Waals surface area contributed by atoms with E-state index in [-0.39, 0.29) is 17.2 Å². The van der Waals surface area contributed by atoms with Crippen molar-refractivity contribution in [1.82, 2.24) is 0 Å². The van der Waals surface area contributed by atoms with Crippen molar-refractivity contribution in [1.29, 1.82) is 0 Å². The number of hydrogen-bond acceptors (Lipinski definition) is 4. The van der Waals surface area contributed by atoms with Crippen LogP contribution < -0.4 is 10.5 Å². The van der Waals surface area contributed by atoms with E-state index in [9.17, 15) is 4.79 Å². The summed E-state index contributed by atoms with van der Waals surface area (Å²) in [7, 11) is 1.45. The number of hydrogen-bond donors (Lipinski definition) is 1. The van der Waals surface area contributed by atoms with Crippen LogP contribution in [0.3, 0.4) is 0 Å². The van der Waals surface area contributed by atoms with Crippen molar-refractivity contribution >= 4 is 23.3 Å². The summed E-state index contributed by atoms with van der Waals surface area (Å²) in [6.07, 6.45) is 0. The second-order valence-electron chi connectivity index (χ2n) is 2.81. The van der Waals surface area contributed by atoms with Gasteiger partial charge in [-0.2, -0.15) is 0 Å². The van der Waals surface area contributed by atoms with E-state index in [1.165, 1.54) is 13.2 Å². The van der Waals surface area contributed by atoms with Gasteiger partial charge in [0.2, 0.25) is 0 Å². The molecule has 1 aromatic carbocycles. The molecule has 5 heteroatoms. The number of halogens is 1. The van der Waals surface area contributed by atoms with Crippen LogP contribution in [0.4, 0.5) is 5.69 Å². The summed E-state index contributed by atoms with van der Waals surface area (Å²) in [4.78, 5) is 11.5. The van der Waals surface area contributed by atoms with Crippen molar-refractivity contribution < 1.29 is 14.3 Å². The van der Waals surface area contributed by atoms with Gasteiger partial charge in [0, 0.05) is 11.8 Å². The molecule has 1 aromatic rings. The molecular weight excluding hydrogens is 218 g/mol. The van der Waals surface area contributed by atoms with E-state index in [4.69, 9.17) is 26.8 Å². The number of nitrogen functional groups attached to an aromatic ring is 1. The predicted molar refractivity (Wildman–Crippen MR) is 58.4 cm³/mol. The first kappa shape index (κ1) is 11.7. The Balaban J connectivity index is 3.17. The monoisotopic (exact) mass is 229 g/mol. The number of anilines is 1. The van der Waals surface area contributed by atoms with Crippen molar-refractivity contribution in [3.8, 4) is 5.75 Å². The van der Waals surface area contributed by atoms with E-state index in [0.717, 1.165) is 0 Å². The molecule has 0 fully saturated rings. The van der Waals surface area contributed by atoms with Gasteiger partial charge in [-0.3, -0.25) is 0 Å². The van der Waals surface area contributed by atoms with E-state index in [2.05, 4.69) is 0 Å². The third-order valence-electron chi connectivity index (χ3n) is 1.78. The fourth-order valence-electron chi connectivity index (χ4n) is 1.13. The number of benzene rings is 1. The fraction of sp³-hybridized carbons (Fsp3) is 0.300. The molecule has 0 aliphatic heterocycles. The van der Waals surface area contributed by atoms with E-state index in [1.807, 2.05) is 0 Å². The first-order valence-corrected chi connectivity index (χ1v) is 4.78. The summed E-state index contributed by atoms with van der Waals surface area (Å²) in [5.41, 5.74) is 6.21. The average Bonchev–Trinajstić information content (AvgIpc) is 2.21. The Kier molecular flexibility index (Phi) is 3.80. The number of methoxy groups -OCH3 is 1. The highest BCUT2D eigenvalue weighted by Gasteiger charge is 2.16. The number of carbonyl (C=O) groups is 1. The topological polar surface area (TPSA) is 61.5 Å². The SMILES string of the molecule is CCOC(=O)c1cc(N)cc(OC)c1Cl. The molecule has 4 nitrogen and oxygen atoms in total. The molecule has 82 valence electrons. The maximum absolute atomic E-state index is 11.5. The van der Waals surface area contributed by atoms with Crippen molar-refractivity contribution in [3.05, 3.63) is 22.7 Å². The first-order chi connectivity index (χ1) is 7.10. The summed E-state index contributed by atoms with van der Waals surface area (Å²) < 4.78 is 9.80. The number of nitrogens with two attached hydrogens (primary N) is 1. The Bertz CT molecular complexity index is 379. The summed E-state index contributed by atoms with van der Waals surface area (Å²) in [6.45, 7) is 2.00. The highest BCUT2D eigenvalue weighted by molar-refractivity contribution is 6.35. The number of carbonyl (C=O) groups excluding carboxylic acids is 1. The number of rotatable bonds is 3. The quantitative estimate of drug-likeness (QED) is 0.637. The van der Waals surface area contributed by atoms with Crippen molar-refractivity contribution in [3.63, 3.8) is 0 Å². The minimum atomic E-state index is -0.506. The zero-order chi connectivity index (χ0) is 11.4. The zero-order valence-electron chi connectivity index (χ0n) is 8.54. The largest absolute Gasteiger partial charge is 0.495 e. The van der Waals surface area contributed by atoms with Crippen LogP contribution in [0.25, 0.3) is 0 Å². The molecule has 1 rings (SSSR count). The molecule has 0 saturated carbocycles. The smallest absolute Gasteiger partial charge is 0.339 e. The molecule has 15 heavy (non-hydrogen) atoms. The molecule has 0 heterocycles. The highest BCUT2D eigenvalue weighted by Crippen LogP contribution is 2.31. The summed E-state index contributed by atoms with van der Waals surface area (Å²) >= 11 is 5.93. The Morgan fingerprint density at radius 1 is 1.53 bits per heavy atom. The lowest BCUT2D eigenvalue weighted by atomic mass is 10.2. The van der Waals surface area contributed by atoms with E-state index in [0.29, 0.717) is 11.4 Å². The van der Waals surface area contributed by atoms with Gasteiger partial charge in [-0.1, -0.05) is 11.6 Å². The van der Waals surface area contributed by atoms with Crippen LogP contribution >= 0.6 is 11.6 Å². The molecule has 0 aliphatic rings. The normalized spacial score (nSPS) is 9.80. The molecule has 0 aromatic heterocycles. The van der Waals surface area contributed by atoms with Crippen LogP contribution in [0.15, 0.2) is 12.1 Å². The molecule has 2 N–H and O–H groups in total. The van der Waals surface area contributed by atoms with Gasteiger partial charge >= 0.3 is 5.97 Å².